The van der Waals surface area contributed by atoms with Gasteiger partial charge in [-0.3, -0.25) is 0 Å². The molecule has 0 amide bonds. The van der Waals surface area contributed by atoms with Crippen molar-refractivity contribution in [2.75, 3.05) is 27.4 Å². The van der Waals surface area contributed by atoms with Crippen LogP contribution in [0, 0.1) is 0 Å². The van der Waals surface area contributed by atoms with Crippen molar-refractivity contribution in [1.82, 2.24) is 0 Å². The van der Waals surface area contributed by atoms with E-state index in [-0.39, 0.29) is 4.83 Å². The lowest BCUT2D eigenvalue weighted by Gasteiger charge is -2.17. The molecular formula is C23H31BrO4. The molecule has 0 heterocycles. The highest BCUT2D eigenvalue weighted by molar-refractivity contribution is 9.09. The van der Waals surface area contributed by atoms with E-state index in [1.807, 2.05) is 24.3 Å². The van der Waals surface area contributed by atoms with Gasteiger partial charge in [0.15, 0.2) is 23.0 Å². The Morgan fingerprint density at radius 2 is 1.14 bits per heavy atom. The molecule has 0 aliphatic carbocycles. The number of hydrogen-bond acceptors (Lipinski definition) is 4. The van der Waals surface area contributed by atoms with E-state index in [2.05, 4.69) is 41.9 Å². The number of rotatable bonds is 12. The largest absolute Gasteiger partial charge is 0.493 e. The maximum absolute atomic E-state index is 5.83. The topological polar surface area (TPSA) is 36.9 Å². The molecule has 0 aliphatic heterocycles. The lowest BCUT2D eigenvalue weighted by molar-refractivity contribution is 0.288. The second-order valence-electron chi connectivity index (χ2n) is 6.59. The quantitative estimate of drug-likeness (QED) is 0.271. The molecule has 0 aliphatic rings. The molecule has 0 saturated carbocycles. The first-order chi connectivity index (χ1) is 13.6. The first kappa shape index (κ1) is 22.4. The number of benzene rings is 2. The second-order valence-corrected chi connectivity index (χ2v) is 7.50. The zero-order valence-corrected chi connectivity index (χ0v) is 18.9. The molecular weight excluding hydrogens is 420 g/mol. The van der Waals surface area contributed by atoms with Crippen molar-refractivity contribution < 1.29 is 18.9 Å². The minimum atomic E-state index is 0.00434. The Hall–Kier alpha value is -1.88. The monoisotopic (exact) mass is 450 g/mol. The predicted molar refractivity (Wildman–Crippen MR) is 118 cm³/mol. The standard InChI is InChI=1S/C23H31BrO4/c1-5-7-13-27-19-11-9-17(15-21(19)25-3)23(24)18-10-12-20(22(16-18)26-4)28-14-8-6-2/h9-12,15-16,23H,5-8,13-14H2,1-4H3. The SMILES string of the molecule is CCCCOc1ccc(C(Br)c2ccc(OCCCC)c(OC)c2)cc1OC. The van der Waals surface area contributed by atoms with E-state index < -0.39 is 0 Å². The summed E-state index contributed by atoms with van der Waals surface area (Å²) in [5.74, 6) is 3.03. The molecule has 0 fully saturated rings. The van der Waals surface area contributed by atoms with E-state index in [0.29, 0.717) is 13.2 Å². The van der Waals surface area contributed by atoms with Crippen molar-refractivity contribution in [3.05, 3.63) is 47.5 Å². The van der Waals surface area contributed by atoms with Gasteiger partial charge in [0.25, 0.3) is 0 Å². The molecule has 28 heavy (non-hydrogen) atoms. The molecule has 0 aromatic heterocycles. The molecule has 2 rings (SSSR count). The summed E-state index contributed by atoms with van der Waals surface area (Å²) in [5, 5.41) is 0. The van der Waals surface area contributed by atoms with Crippen molar-refractivity contribution in [1.29, 1.82) is 0 Å². The summed E-state index contributed by atoms with van der Waals surface area (Å²) in [7, 11) is 3.33. The van der Waals surface area contributed by atoms with E-state index in [0.717, 1.165) is 59.8 Å². The van der Waals surface area contributed by atoms with E-state index in [4.69, 9.17) is 18.9 Å². The number of halogens is 1. The van der Waals surface area contributed by atoms with E-state index >= 15 is 0 Å². The molecule has 2 aromatic rings. The lowest BCUT2D eigenvalue weighted by Crippen LogP contribution is -2.02. The highest BCUT2D eigenvalue weighted by Gasteiger charge is 2.16. The normalized spacial score (nSPS) is 10.8. The Morgan fingerprint density at radius 1 is 0.714 bits per heavy atom. The van der Waals surface area contributed by atoms with Gasteiger partial charge in [0.1, 0.15) is 0 Å². The van der Waals surface area contributed by atoms with Crippen LogP contribution >= 0.6 is 15.9 Å². The van der Waals surface area contributed by atoms with Crippen LogP contribution in [-0.4, -0.2) is 27.4 Å². The Labute approximate surface area is 177 Å². The zero-order valence-electron chi connectivity index (χ0n) is 17.3. The summed E-state index contributed by atoms with van der Waals surface area (Å²) in [6.45, 7) is 5.68. The second kappa shape index (κ2) is 11.8. The van der Waals surface area contributed by atoms with Gasteiger partial charge in [0.2, 0.25) is 0 Å². The highest BCUT2D eigenvalue weighted by atomic mass is 79.9. The maximum Gasteiger partial charge on any atom is 0.161 e. The molecule has 0 bridgehead atoms. The van der Waals surface area contributed by atoms with Crippen LogP contribution in [-0.2, 0) is 0 Å². The lowest BCUT2D eigenvalue weighted by atomic mass is 10.0. The first-order valence-electron chi connectivity index (χ1n) is 9.90. The molecule has 4 nitrogen and oxygen atoms in total. The first-order valence-corrected chi connectivity index (χ1v) is 10.8. The average Bonchev–Trinajstić information content (AvgIpc) is 2.73. The molecule has 0 atom stereocenters. The van der Waals surface area contributed by atoms with Crippen molar-refractivity contribution in [2.45, 2.75) is 44.4 Å². The third-order valence-corrected chi connectivity index (χ3v) is 5.53. The number of alkyl halides is 1. The van der Waals surface area contributed by atoms with Gasteiger partial charge in [-0.25, -0.2) is 0 Å². The number of unbranched alkanes of at least 4 members (excludes halogenated alkanes) is 2. The maximum atomic E-state index is 5.83. The number of methoxy groups -OCH3 is 2. The predicted octanol–water partition coefficient (Wildman–Crippen LogP) is 6.55. The average molecular weight is 451 g/mol. The van der Waals surface area contributed by atoms with Crippen LogP contribution in [0.25, 0.3) is 0 Å². The van der Waals surface area contributed by atoms with Gasteiger partial charge < -0.3 is 18.9 Å². The van der Waals surface area contributed by atoms with Crippen molar-refractivity contribution >= 4 is 15.9 Å². The fraction of sp³-hybridized carbons (Fsp3) is 0.478. The molecule has 5 heteroatoms. The van der Waals surface area contributed by atoms with Gasteiger partial charge in [-0.1, -0.05) is 54.8 Å². The third-order valence-electron chi connectivity index (χ3n) is 4.47. The van der Waals surface area contributed by atoms with Crippen LogP contribution < -0.4 is 18.9 Å². The van der Waals surface area contributed by atoms with Crippen molar-refractivity contribution in [3.8, 4) is 23.0 Å². The number of ether oxygens (including phenoxy) is 4. The molecule has 0 N–H and O–H groups in total. The van der Waals surface area contributed by atoms with Gasteiger partial charge in [0, 0.05) is 0 Å². The Morgan fingerprint density at radius 3 is 1.50 bits per heavy atom. The van der Waals surface area contributed by atoms with E-state index in [9.17, 15) is 0 Å². The van der Waals surface area contributed by atoms with Crippen LogP contribution in [0.5, 0.6) is 23.0 Å². The molecule has 154 valence electrons. The van der Waals surface area contributed by atoms with Crippen molar-refractivity contribution in [3.63, 3.8) is 0 Å². The summed E-state index contributed by atoms with van der Waals surface area (Å²) in [5.41, 5.74) is 2.17. The van der Waals surface area contributed by atoms with Crippen LogP contribution in [0.3, 0.4) is 0 Å². The van der Waals surface area contributed by atoms with Crippen LogP contribution in [0.15, 0.2) is 36.4 Å². The Bertz CT molecular complexity index is 671. The van der Waals surface area contributed by atoms with Gasteiger partial charge in [-0.05, 0) is 48.2 Å². The molecule has 0 spiro atoms. The zero-order chi connectivity index (χ0) is 20.4. The summed E-state index contributed by atoms with van der Waals surface area (Å²) in [6, 6.07) is 12.1. The minimum absolute atomic E-state index is 0.00434. The van der Waals surface area contributed by atoms with E-state index in [1.54, 1.807) is 14.2 Å². The fourth-order valence-corrected chi connectivity index (χ4v) is 3.34. The number of hydrogen-bond donors (Lipinski definition) is 0. The summed E-state index contributed by atoms with van der Waals surface area (Å²) < 4.78 is 22.7. The molecule has 2 aromatic carbocycles. The summed E-state index contributed by atoms with van der Waals surface area (Å²) in [6.07, 6.45) is 4.25. The molecule has 0 unspecified atom stereocenters. The highest BCUT2D eigenvalue weighted by Crippen LogP contribution is 2.39. The van der Waals surface area contributed by atoms with E-state index in [1.165, 1.54) is 0 Å². The molecule has 0 saturated heterocycles. The molecule has 0 radical (unpaired) electrons. The Balaban J connectivity index is 2.19. The summed E-state index contributed by atoms with van der Waals surface area (Å²) in [4.78, 5) is 0.00434. The van der Waals surface area contributed by atoms with Gasteiger partial charge in [0.05, 0.1) is 32.3 Å². The van der Waals surface area contributed by atoms with Crippen LogP contribution in [0.2, 0.25) is 0 Å². The Kier molecular flexibility index (Phi) is 9.48. The fourth-order valence-electron chi connectivity index (χ4n) is 2.77. The van der Waals surface area contributed by atoms with Crippen molar-refractivity contribution in [2.24, 2.45) is 0 Å². The van der Waals surface area contributed by atoms with Gasteiger partial charge in [-0.15, -0.1) is 0 Å². The van der Waals surface area contributed by atoms with Gasteiger partial charge in [-0.2, -0.15) is 0 Å². The van der Waals surface area contributed by atoms with Crippen LogP contribution in [0.4, 0.5) is 0 Å². The third kappa shape index (κ3) is 6.06. The van der Waals surface area contributed by atoms with Gasteiger partial charge >= 0.3 is 0 Å². The minimum Gasteiger partial charge on any atom is -0.493 e. The van der Waals surface area contributed by atoms with Crippen LogP contribution in [0.1, 0.15) is 55.5 Å². The summed E-state index contributed by atoms with van der Waals surface area (Å²) >= 11 is 3.80. The smallest absolute Gasteiger partial charge is 0.161 e.